The molecule has 0 saturated heterocycles. The van der Waals surface area contributed by atoms with Gasteiger partial charge in [-0.25, -0.2) is 4.42 Å². The van der Waals surface area contributed by atoms with Crippen LogP contribution in [0.1, 0.15) is 58.8 Å². The first kappa shape index (κ1) is 13.6. The van der Waals surface area contributed by atoms with E-state index in [4.69, 9.17) is 11.8 Å². The molecule has 3 nitrogen and oxygen atoms in total. The molecular formula is C12H24ClN3. The summed E-state index contributed by atoms with van der Waals surface area (Å²) < 4.78 is 1.72. The Bertz CT molecular complexity index is 208. The summed E-state index contributed by atoms with van der Waals surface area (Å²) in [5.74, 6) is 0. The van der Waals surface area contributed by atoms with Crippen LogP contribution in [0.25, 0.3) is 0 Å². The minimum Gasteiger partial charge on any atom is -0.272 e. The molecule has 16 heavy (non-hydrogen) atoms. The molecule has 0 aromatic carbocycles. The SMILES string of the molecule is CCCCCCN1N=CN(Cl)C1CCCC. The molecule has 0 aliphatic carbocycles. The molecule has 0 fully saturated rings. The van der Waals surface area contributed by atoms with Crippen LogP contribution in [0.4, 0.5) is 0 Å². The Hall–Kier alpha value is -0.440. The summed E-state index contributed by atoms with van der Waals surface area (Å²) in [4.78, 5) is 0. The standard InChI is InChI=1S/C12H24ClN3/c1-3-5-7-8-10-16-12(9-6-4-2)15(13)11-14-16/h11-12H,3-10H2,1-2H3. The van der Waals surface area contributed by atoms with E-state index in [2.05, 4.69) is 24.0 Å². The Morgan fingerprint density at radius 1 is 1.12 bits per heavy atom. The van der Waals surface area contributed by atoms with Crippen LogP contribution in [0, 0.1) is 0 Å². The van der Waals surface area contributed by atoms with Gasteiger partial charge in [-0.3, -0.25) is 5.01 Å². The number of rotatable bonds is 8. The van der Waals surface area contributed by atoms with Crippen LogP contribution < -0.4 is 0 Å². The molecule has 0 bridgehead atoms. The number of halogens is 1. The van der Waals surface area contributed by atoms with Gasteiger partial charge in [-0.05, 0) is 19.3 Å². The summed E-state index contributed by atoms with van der Waals surface area (Å²) in [5, 5.41) is 6.49. The highest BCUT2D eigenvalue weighted by Gasteiger charge is 2.25. The minimum absolute atomic E-state index is 0.281. The largest absolute Gasteiger partial charge is 0.272 e. The van der Waals surface area contributed by atoms with Crippen molar-refractivity contribution in [3.8, 4) is 0 Å². The number of hydrogen-bond donors (Lipinski definition) is 0. The minimum atomic E-state index is 0.281. The van der Waals surface area contributed by atoms with E-state index in [0.717, 1.165) is 13.0 Å². The lowest BCUT2D eigenvalue weighted by Gasteiger charge is -2.26. The highest BCUT2D eigenvalue weighted by atomic mass is 35.5. The second-order valence-electron chi connectivity index (χ2n) is 4.42. The molecule has 94 valence electrons. The lowest BCUT2D eigenvalue weighted by Crippen LogP contribution is -2.35. The number of hydrogen-bond acceptors (Lipinski definition) is 3. The molecule has 1 atom stereocenters. The molecule has 1 unspecified atom stereocenters. The molecule has 0 spiro atoms. The molecule has 0 N–H and O–H groups in total. The monoisotopic (exact) mass is 245 g/mol. The third-order valence-corrected chi connectivity index (χ3v) is 3.31. The van der Waals surface area contributed by atoms with E-state index in [1.165, 1.54) is 38.5 Å². The van der Waals surface area contributed by atoms with Gasteiger partial charge in [0.05, 0.1) is 0 Å². The Morgan fingerprint density at radius 2 is 1.88 bits per heavy atom. The fraction of sp³-hybridized carbons (Fsp3) is 0.917. The number of unbranched alkanes of at least 4 members (excludes halogenated alkanes) is 4. The first-order chi connectivity index (χ1) is 7.79. The quantitative estimate of drug-likeness (QED) is 0.479. The summed E-state index contributed by atoms with van der Waals surface area (Å²) in [5.41, 5.74) is 0. The van der Waals surface area contributed by atoms with E-state index >= 15 is 0 Å². The third-order valence-electron chi connectivity index (χ3n) is 3.00. The van der Waals surface area contributed by atoms with Crippen molar-refractivity contribution in [3.63, 3.8) is 0 Å². The summed E-state index contributed by atoms with van der Waals surface area (Å²) in [6.45, 7) is 5.48. The van der Waals surface area contributed by atoms with Crippen LogP contribution in [0.5, 0.6) is 0 Å². The van der Waals surface area contributed by atoms with Gasteiger partial charge in [0.15, 0.2) is 0 Å². The third kappa shape index (κ3) is 4.20. The summed E-state index contributed by atoms with van der Waals surface area (Å²) in [7, 11) is 0. The molecule has 1 aliphatic rings. The van der Waals surface area contributed by atoms with E-state index in [0.29, 0.717) is 0 Å². The average Bonchev–Trinajstić information content (AvgIpc) is 2.63. The maximum Gasteiger partial charge on any atom is 0.134 e. The topological polar surface area (TPSA) is 18.8 Å². The van der Waals surface area contributed by atoms with Gasteiger partial charge in [0, 0.05) is 18.3 Å². The molecule has 1 heterocycles. The summed E-state index contributed by atoms with van der Waals surface area (Å²) in [6.07, 6.45) is 10.7. The smallest absolute Gasteiger partial charge is 0.134 e. The van der Waals surface area contributed by atoms with Gasteiger partial charge >= 0.3 is 0 Å². The lowest BCUT2D eigenvalue weighted by atomic mass is 10.2. The Balaban J connectivity index is 2.24. The van der Waals surface area contributed by atoms with Gasteiger partial charge in [-0.1, -0.05) is 39.5 Å². The van der Waals surface area contributed by atoms with Crippen molar-refractivity contribution in [1.29, 1.82) is 0 Å². The van der Waals surface area contributed by atoms with Crippen LogP contribution in [-0.4, -0.2) is 28.5 Å². The lowest BCUT2D eigenvalue weighted by molar-refractivity contribution is 0.159. The van der Waals surface area contributed by atoms with Crippen LogP contribution in [-0.2, 0) is 0 Å². The van der Waals surface area contributed by atoms with Crippen molar-refractivity contribution in [2.45, 2.75) is 65.0 Å². The highest BCUT2D eigenvalue weighted by Crippen LogP contribution is 2.20. The zero-order chi connectivity index (χ0) is 11.8. The van der Waals surface area contributed by atoms with Crippen molar-refractivity contribution in [2.24, 2.45) is 5.10 Å². The van der Waals surface area contributed by atoms with E-state index in [1.54, 1.807) is 10.8 Å². The van der Waals surface area contributed by atoms with Crippen LogP contribution in [0.15, 0.2) is 5.10 Å². The van der Waals surface area contributed by atoms with Crippen molar-refractivity contribution in [2.75, 3.05) is 6.54 Å². The average molecular weight is 246 g/mol. The predicted molar refractivity (Wildman–Crippen MR) is 70.3 cm³/mol. The summed E-state index contributed by atoms with van der Waals surface area (Å²) in [6, 6.07) is 0. The van der Waals surface area contributed by atoms with Crippen molar-refractivity contribution >= 4 is 18.1 Å². The molecule has 0 amide bonds. The Labute approximate surface area is 105 Å². The van der Waals surface area contributed by atoms with Crippen molar-refractivity contribution in [1.82, 2.24) is 9.43 Å². The Kier molecular flexibility index (Phi) is 6.62. The molecule has 0 saturated carbocycles. The molecular weight excluding hydrogens is 222 g/mol. The zero-order valence-corrected chi connectivity index (χ0v) is 11.3. The van der Waals surface area contributed by atoms with Gasteiger partial charge in [0.1, 0.15) is 12.5 Å². The van der Waals surface area contributed by atoms with Crippen LogP contribution in [0.2, 0.25) is 0 Å². The second kappa shape index (κ2) is 7.77. The van der Waals surface area contributed by atoms with Gasteiger partial charge in [0.25, 0.3) is 0 Å². The van der Waals surface area contributed by atoms with E-state index in [1.807, 2.05) is 0 Å². The fourth-order valence-electron chi connectivity index (χ4n) is 1.96. The predicted octanol–water partition coefficient (Wildman–Crippen LogP) is 3.80. The first-order valence-corrected chi connectivity index (χ1v) is 6.88. The summed E-state index contributed by atoms with van der Waals surface area (Å²) >= 11 is 6.09. The number of hydrazone groups is 1. The fourth-order valence-corrected chi connectivity index (χ4v) is 2.20. The van der Waals surface area contributed by atoms with E-state index in [9.17, 15) is 0 Å². The maximum atomic E-state index is 6.09. The van der Waals surface area contributed by atoms with Crippen molar-refractivity contribution < 1.29 is 0 Å². The molecule has 0 aromatic heterocycles. The highest BCUT2D eigenvalue weighted by molar-refractivity contribution is 6.19. The van der Waals surface area contributed by atoms with E-state index < -0.39 is 0 Å². The molecule has 4 heteroatoms. The normalized spacial score (nSPS) is 19.8. The van der Waals surface area contributed by atoms with Gasteiger partial charge in [0.2, 0.25) is 0 Å². The van der Waals surface area contributed by atoms with Crippen molar-refractivity contribution in [3.05, 3.63) is 0 Å². The Morgan fingerprint density at radius 3 is 2.56 bits per heavy atom. The van der Waals surface area contributed by atoms with Crippen LogP contribution >= 0.6 is 11.8 Å². The first-order valence-electron chi connectivity index (χ1n) is 6.54. The molecule has 0 radical (unpaired) electrons. The van der Waals surface area contributed by atoms with Gasteiger partial charge < -0.3 is 0 Å². The van der Waals surface area contributed by atoms with E-state index in [-0.39, 0.29) is 6.17 Å². The number of nitrogens with zero attached hydrogens (tertiary/aromatic N) is 3. The zero-order valence-electron chi connectivity index (χ0n) is 10.5. The van der Waals surface area contributed by atoms with Gasteiger partial charge in [-0.2, -0.15) is 5.10 Å². The molecule has 0 aromatic rings. The van der Waals surface area contributed by atoms with Gasteiger partial charge in [-0.15, -0.1) is 0 Å². The molecule has 1 aliphatic heterocycles. The second-order valence-corrected chi connectivity index (χ2v) is 4.81. The maximum absolute atomic E-state index is 6.09. The molecule has 1 rings (SSSR count). The van der Waals surface area contributed by atoms with Crippen LogP contribution in [0.3, 0.4) is 0 Å².